The average molecular weight is 658 g/mol. The molecule has 1 unspecified atom stereocenters. The second-order valence-corrected chi connectivity index (χ2v) is 13.3. The Morgan fingerprint density at radius 1 is 0.471 bits per heavy atom. The second-order valence-electron chi connectivity index (χ2n) is 13.3. The Balaban J connectivity index is 1.13. The monoisotopic (exact) mass is 657 g/mol. The molecule has 0 saturated carbocycles. The number of hydrogen-bond acceptors (Lipinski definition) is 2. The third kappa shape index (κ3) is 5.87. The molecule has 1 aromatic heterocycles. The topological polar surface area (TPSA) is 11.4 Å². The molecule has 246 valence electrons. The minimum Gasteiger partial charge on any atom is -0.311 e. The molecule has 0 N–H and O–H groups in total. The lowest BCUT2D eigenvalue weighted by molar-refractivity contribution is 0.762. The molecule has 51 heavy (non-hydrogen) atoms. The van der Waals surface area contributed by atoms with Gasteiger partial charge < -0.3 is 14.4 Å². The Hall–Kier alpha value is -6.32. The third-order valence-corrected chi connectivity index (χ3v) is 10.1. The fourth-order valence-corrected chi connectivity index (χ4v) is 7.68. The molecular weight excluding hydrogens is 619 g/mol. The number of aromatic nitrogens is 1. The predicted molar refractivity (Wildman–Crippen MR) is 216 cm³/mol. The maximum atomic E-state index is 2.41. The van der Waals surface area contributed by atoms with E-state index in [-0.39, 0.29) is 0 Å². The number of anilines is 5. The molecular formula is C48H39N3. The van der Waals surface area contributed by atoms with E-state index in [4.69, 9.17) is 0 Å². The van der Waals surface area contributed by atoms with Crippen LogP contribution in [0.5, 0.6) is 0 Å². The van der Waals surface area contributed by atoms with Gasteiger partial charge in [0.2, 0.25) is 0 Å². The number of allylic oxidation sites excluding steroid dienone is 7. The van der Waals surface area contributed by atoms with Crippen molar-refractivity contribution in [2.24, 2.45) is 5.92 Å². The standard InChI is InChI=1S/C48H39N3/c1-5-15-36(16-6-1)37-25-27-41(28-26-37)49(38-17-7-2-8-18-38)42-29-31-43(32-30-42)51-47-24-14-13-23-45(47)46-34-33-44(35-48(46)51)50(39-19-9-3-10-20-39)40-21-11-4-12-22-40/h2-5,7-25,27-35,37H,1,6,26H2. The van der Waals surface area contributed by atoms with Gasteiger partial charge in [-0.1, -0.05) is 109 Å². The molecule has 0 bridgehead atoms. The van der Waals surface area contributed by atoms with Crippen molar-refractivity contribution in [2.45, 2.75) is 19.3 Å². The average Bonchev–Trinajstić information content (AvgIpc) is 3.54. The Morgan fingerprint density at radius 3 is 1.69 bits per heavy atom. The summed E-state index contributed by atoms with van der Waals surface area (Å²) >= 11 is 0. The number of nitrogens with zero attached hydrogens (tertiary/aromatic N) is 3. The first-order chi connectivity index (χ1) is 25.3. The van der Waals surface area contributed by atoms with Crippen molar-refractivity contribution in [3.05, 3.63) is 205 Å². The molecule has 6 aromatic carbocycles. The zero-order chi connectivity index (χ0) is 34.0. The number of para-hydroxylation sites is 4. The number of hydrogen-bond donors (Lipinski definition) is 0. The summed E-state index contributed by atoms with van der Waals surface area (Å²) in [5, 5.41) is 2.48. The van der Waals surface area contributed by atoms with Crippen LogP contribution in [0.2, 0.25) is 0 Å². The van der Waals surface area contributed by atoms with Crippen molar-refractivity contribution in [1.29, 1.82) is 0 Å². The van der Waals surface area contributed by atoms with Gasteiger partial charge in [-0.05, 0) is 110 Å². The van der Waals surface area contributed by atoms with Crippen LogP contribution < -0.4 is 9.80 Å². The quantitative estimate of drug-likeness (QED) is 0.161. The summed E-state index contributed by atoms with van der Waals surface area (Å²) in [5.41, 5.74) is 11.8. The second kappa shape index (κ2) is 13.5. The maximum Gasteiger partial charge on any atom is 0.0561 e. The fourth-order valence-electron chi connectivity index (χ4n) is 7.68. The molecule has 0 saturated heterocycles. The van der Waals surface area contributed by atoms with E-state index in [0.29, 0.717) is 5.92 Å². The maximum absolute atomic E-state index is 2.41. The van der Waals surface area contributed by atoms with Crippen LogP contribution in [0.15, 0.2) is 205 Å². The molecule has 2 aliphatic carbocycles. The predicted octanol–water partition coefficient (Wildman–Crippen LogP) is 13.1. The Bertz CT molecular complexity index is 2390. The highest BCUT2D eigenvalue weighted by Crippen LogP contribution is 2.40. The summed E-state index contributed by atoms with van der Waals surface area (Å²) in [6.07, 6.45) is 17.4. The summed E-state index contributed by atoms with van der Waals surface area (Å²) in [4.78, 5) is 4.71. The van der Waals surface area contributed by atoms with Crippen molar-refractivity contribution < 1.29 is 0 Å². The lowest BCUT2D eigenvalue weighted by Crippen LogP contribution is -2.18. The van der Waals surface area contributed by atoms with E-state index in [2.05, 4.69) is 209 Å². The van der Waals surface area contributed by atoms with Crippen LogP contribution in [0.4, 0.5) is 28.4 Å². The van der Waals surface area contributed by atoms with Crippen LogP contribution in [-0.4, -0.2) is 4.57 Å². The van der Waals surface area contributed by atoms with Crippen molar-refractivity contribution >= 4 is 50.2 Å². The molecule has 0 amide bonds. The van der Waals surface area contributed by atoms with Crippen LogP contribution >= 0.6 is 0 Å². The molecule has 3 heteroatoms. The summed E-state index contributed by atoms with van der Waals surface area (Å²) in [7, 11) is 0. The van der Waals surface area contributed by atoms with Gasteiger partial charge in [-0.2, -0.15) is 0 Å². The van der Waals surface area contributed by atoms with E-state index in [1.807, 2.05) is 0 Å². The molecule has 2 aliphatic rings. The fraction of sp³-hybridized carbons (Fsp3) is 0.0833. The van der Waals surface area contributed by atoms with Gasteiger partial charge in [0.1, 0.15) is 0 Å². The highest BCUT2D eigenvalue weighted by atomic mass is 15.2. The van der Waals surface area contributed by atoms with Gasteiger partial charge in [-0.25, -0.2) is 0 Å². The molecule has 1 heterocycles. The summed E-state index contributed by atoms with van der Waals surface area (Å²) in [6.45, 7) is 0. The Kier molecular flexibility index (Phi) is 8.15. The molecule has 0 aliphatic heterocycles. The van der Waals surface area contributed by atoms with Gasteiger partial charge in [-0.3, -0.25) is 0 Å². The number of benzene rings is 6. The first kappa shape index (κ1) is 30.7. The summed E-state index contributed by atoms with van der Waals surface area (Å²) in [5.74, 6) is 0.435. The minimum absolute atomic E-state index is 0.435. The molecule has 1 atom stereocenters. The van der Waals surface area contributed by atoms with Gasteiger partial charge in [0, 0.05) is 56.5 Å². The van der Waals surface area contributed by atoms with Gasteiger partial charge in [0.15, 0.2) is 0 Å². The van der Waals surface area contributed by atoms with Gasteiger partial charge >= 0.3 is 0 Å². The number of rotatable bonds is 8. The lowest BCUT2D eigenvalue weighted by Gasteiger charge is -2.29. The molecule has 0 fully saturated rings. The molecule has 3 nitrogen and oxygen atoms in total. The van der Waals surface area contributed by atoms with Crippen LogP contribution in [0, 0.1) is 5.92 Å². The molecule has 0 spiro atoms. The summed E-state index contributed by atoms with van der Waals surface area (Å²) in [6, 6.07) is 56.6. The van der Waals surface area contributed by atoms with Gasteiger partial charge in [-0.15, -0.1) is 0 Å². The normalized spacial score (nSPS) is 15.5. The van der Waals surface area contributed by atoms with Crippen molar-refractivity contribution in [3.63, 3.8) is 0 Å². The zero-order valence-corrected chi connectivity index (χ0v) is 28.5. The first-order valence-corrected chi connectivity index (χ1v) is 18.0. The smallest absolute Gasteiger partial charge is 0.0561 e. The first-order valence-electron chi connectivity index (χ1n) is 18.0. The Morgan fingerprint density at radius 2 is 1.06 bits per heavy atom. The van der Waals surface area contributed by atoms with E-state index in [9.17, 15) is 0 Å². The van der Waals surface area contributed by atoms with Crippen molar-refractivity contribution in [3.8, 4) is 5.69 Å². The van der Waals surface area contributed by atoms with Gasteiger partial charge in [0.25, 0.3) is 0 Å². The molecule has 9 rings (SSSR count). The SMILES string of the molecule is C1=CC(C2C=CC(N(c3ccccc3)c3ccc(-n4c5ccccc5c5ccc(N(c6ccccc6)c6ccccc6)cc54)cc3)=CC2)=CCC1. The van der Waals surface area contributed by atoms with E-state index in [1.54, 1.807) is 0 Å². The van der Waals surface area contributed by atoms with E-state index < -0.39 is 0 Å². The van der Waals surface area contributed by atoms with Crippen molar-refractivity contribution in [2.75, 3.05) is 9.80 Å². The van der Waals surface area contributed by atoms with Crippen LogP contribution in [0.3, 0.4) is 0 Å². The highest BCUT2D eigenvalue weighted by Gasteiger charge is 2.20. The van der Waals surface area contributed by atoms with E-state index >= 15 is 0 Å². The van der Waals surface area contributed by atoms with Crippen LogP contribution in [0.1, 0.15) is 19.3 Å². The molecule has 0 radical (unpaired) electrons. The van der Waals surface area contributed by atoms with E-state index in [1.165, 1.54) is 33.1 Å². The minimum atomic E-state index is 0.435. The zero-order valence-electron chi connectivity index (χ0n) is 28.5. The number of fused-ring (bicyclic) bond motifs is 3. The summed E-state index contributed by atoms with van der Waals surface area (Å²) < 4.78 is 2.41. The third-order valence-electron chi connectivity index (χ3n) is 10.1. The largest absolute Gasteiger partial charge is 0.311 e. The van der Waals surface area contributed by atoms with Crippen LogP contribution in [-0.2, 0) is 0 Å². The van der Waals surface area contributed by atoms with Crippen molar-refractivity contribution in [1.82, 2.24) is 4.57 Å². The molecule has 7 aromatic rings. The van der Waals surface area contributed by atoms with E-state index in [0.717, 1.165) is 53.4 Å². The van der Waals surface area contributed by atoms with Crippen LogP contribution in [0.25, 0.3) is 27.5 Å². The highest BCUT2D eigenvalue weighted by molar-refractivity contribution is 6.10. The Labute approximate surface area is 300 Å². The lowest BCUT2D eigenvalue weighted by atomic mass is 9.88. The van der Waals surface area contributed by atoms with Gasteiger partial charge in [0.05, 0.1) is 11.0 Å².